The smallest absolute Gasteiger partial charge is 0.387 e. The van der Waals surface area contributed by atoms with Crippen molar-refractivity contribution in [3.63, 3.8) is 0 Å². The first-order valence-corrected chi connectivity index (χ1v) is 8.37. The van der Waals surface area contributed by atoms with E-state index in [2.05, 4.69) is 15.0 Å². The van der Waals surface area contributed by atoms with Gasteiger partial charge in [-0.15, -0.1) is 0 Å². The fourth-order valence-electron chi connectivity index (χ4n) is 3.44. The Labute approximate surface area is 140 Å². The van der Waals surface area contributed by atoms with E-state index < -0.39 is 6.61 Å². The summed E-state index contributed by atoms with van der Waals surface area (Å²) in [5.41, 5.74) is 0.854. The third-order valence-corrected chi connectivity index (χ3v) is 4.86. The van der Waals surface area contributed by atoms with Crippen molar-refractivity contribution in [2.45, 2.75) is 38.5 Å². The van der Waals surface area contributed by atoms with Gasteiger partial charge in [-0.25, -0.2) is 4.79 Å². The molecule has 0 aliphatic carbocycles. The summed E-state index contributed by atoms with van der Waals surface area (Å²) in [6.07, 6.45) is 2.06. The highest BCUT2D eigenvalue weighted by Crippen LogP contribution is 2.23. The van der Waals surface area contributed by atoms with Crippen molar-refractivity contribution in [1.29, 1.82) is 0 Å². The normalized spacial score (nSPS) is 24.6. The highest BCUT2D eigenvalue weighted by molar-refractivity contribution is 5.75. The van der Waals surface area contributed by atoms with E-state index in [9.17, 15) is 13.6 Å². The Balaban J connectivity index is 1.59. The molecule has 0 aromatic heterocycles. The lowest BCUT2D eigenvalue weighted by molar-refractivity contribution is -0.0498. The predicted octanol–water partition coefficient (Wildman–Crippen LogP) is 2.84. The number of hydrogen-bond acceptors (Lipinski definition) is 3. The van der Waals surface area contributed by atoms with E-state index in [-0.39, 0.29) is 17.8 Å². The maximum absolute atomic E-state index is 12.6. The zero-order valence-electron chi connectivity index (χ0n) is 13.8. The van der Waals surface area contributed by atoms with E-state index in [4.69, 9.17) is 0 Å². The second kappa shape index (κ2) is 7.34. The summed E-state index contributed by atoms with van der Waals surface area (Å²) in [6.45, 7) is 2.87. The summed E-state index contributed by atoms with van der Waals surface area (Å²) in [7, 11) is 0. The van der Waals surface area contributed by atoms with Gasteiger partial charge in [0, 0.05) is 32.2 Å². The van der Waals surface area contributed by atoms with Gasteiger partial charge in [-0.2, -0.15) is 8.78 Å². The molecule has 3 aliphatic rings. The largest absolute Gasteiger partial charge is 0.435 e. The highest BCUT2D eigenvalue weighted by atomic mass is 19.3. The average Bonchev–Trinajstić information content (AvgIpc) is 2.88. The monoisotopic (exact) mass is 339 g/mol. The van der Waals surface area contributed by atoms with Gasteiger partial charge in [0.25, 0.3) is 0 Å². The Kier molecular flexibility index (Phi) is 5.18. The molecule has 0 saturated carbocycles. The maximum Gasteiger partial charge on any atom is 0.387 e. The first-order chi connectivity index (χ1) is 11.5. The van der Waals surface area contributed by atoms with Crippen molar-refractivity contribution in [2.24, 2.45) is 0 Å². The number of fused-ring (bicyclic) bond motifs is 4. The number of alkyl halides is 2. The van der Waals surface area contributed by atoms with Crippen molar-refractivity contribution in [1.82, 2.24) is 15.1 Å². The van der Waals surface area contributed by atoms with Crippen LogP contribution in [0.15, 0.2) is 24.3 Å². The van der Waals surface area contributed by atoms with Crippen LogP contribution in [0.4, 0.5) is 13.6 Å². The van der Waals surface area contributed by atoms with E-state index in [0.717, 1.165) is 44.6 Å². The van der Waals surface area contributed by atoms with Crippen LogP contribution in [0.5, 0.6) is 5.75 Å². The summed E-state index contributed by atoms with van der Waals surface area (Å²) < 4.78 is 28.7. The zero-order valence-corrected chi connectivity index (χ0v) is 13.8. The van der Waals surface area contributed by atoms with Gasteiger partial charge in [0.05, 0.1) is 6.04 Å². The molecule has 132 valence electrons. The fourth-order valence-corrected chi connectivity index (χ4v) is 3.44. The van der Waals surface area contributed by atoms with Crippen molar-refractivity contribution >= 4 is 6.03 Å². The molecule has 1 N–H and O–H groups in total. The molecule has 3 heterocycles. The Morgan fingerprint density at radius 1 is 1.17 bits per heavy atom. The van der Waals surface area contributed by atoms with Crippen LogP contribution in [0.1, 0.15) is 31.4 Å². The molecule has 24 heavy (non-hydrogen) atoms. The van der Waals surface area contributed by atoms with E-state index in [1.807, 2.05) is 11.8 Å². The van der Waals surface area contributed by atoms with Crippen molar-refractivity contribution in [2.75, 3.05) is 26.2 Å². The van der Waals surface area contributed by atoms with Crippen LogP contribution in [0.2, 0.25) is 0 Å². The molecule has 1 atom stereocenters. The maximum atomic E-state index is 12.6. The number of carbonyl (C=O) groups excluding carboxylic acids is 1. The molecular formula is C17H23F2N3O2. The van der Waals surface area contributed by atoms with Crippen LogP contribution in [0.3, 0.4) is 0 Å². The molecule has 5 nitrogen and oxygen atoms in total. The molecule has 0 spiro atoms. The Morgan fingerprint density at radius 2 is 1.83 bits per heavy atom. The molecule has 2 amide bonds. The number of nitrogens with zero attached hydrogens (tertiary/aromatic N) is 2. The number of ether oxygens (including phenoxy) is 1. The summed E-state index contributed by atoms with van der Waals surface area (Å²) in [5.74, 6) is 0.117. The number of benzene rings is 1. The number of urea groups is 1. The van der Waals surface area contributed by atoms with Gasteiger partial charge in [-0.3, -0.25) is 0 Å². The van der Waals surface area contributed by atoms with Crippen LogP contribution >= 0.6 is 0 Å². The van der Waals surface area contributed by atoms with Crippen molar-refractivity contribution in [3.05, 3.63) is 29.8 Å². The quantitative estimate of drug-likeness (QED) is 0.917. The van der Waals surface area contributed by atoms with Crippen LogP contribution in [-0.4, -0.2) is 54.7 Å². The number of halogens is 2. The molecular weight excluding hydrogens is 316 g/mol. The molecule has 2 bridgehead atoms. The van der Waals surface area contributed by atoms with Crippen LogP contribution in [0, 0.1) is 0 Å². The number of amides is 2. The second-order valence-corrected chi connectivity index (χ2v) is 6.38. The first kappa shape index (κ1) is 17.0. The van der Waals surface area contributed by atoms with Gasteiger partial charge in [-0.05, 0) is 37.5 Å². The number of piperidine rings is 1. The number of carbonyl (C=O) groups is 1. The molecule has 1 unspecified atom stereocenters. The SMILES string of the molecule is CC(NC(=O)N1CCN2CCC1CC2)c1ccc(OC(F)F)cc1. The van der Waals surface area contributed by atoms with Crippen molar-refractivity contribution in [3.8, 4) is 5.75 Å². The lowest BCUT2D eigenvalue weighted by Gasteiger charge is -2.32. The molecule has 3 fully saturated rings. The predicted molar refractivity (Wildman–Crippen MR) is 86.2 cm³/mol. The lowest BCUT2D eigenvalue weighted by atomic mass is 10.1. The molecule has 0 radical (unpaired) electrons. The Bertz CT molecular complexity index is 559. The molecule has 4 rings (SSSR count). The summed E-state index contributed by atoms with van der Waals surface area (Å²) in [5, 5.41) is 3.02. The van der Waals surface area contributed by atoms with Gasteiger partial charge in [0.2, 0.25) is 0 Å². The lowest BCUT2D eigenvalue weighted by Crippen LogP contribution is -2.47. The summed E-state index contributed by atoms with van der Waals surface area (Å²) in [6, 6.07) is 6.45. The molecule has 3 aliphatic heterocycles. The Hall–Kier alpha value is -1.89. The van der Waals surface area contributed by atoms with E-state index in [1.165, 1.54) is 12.1 Å². The van der Waals surface area contributed by atoms with E-state index in [0.29, 0.717) is 6.04 Å². The minimum atomic E-state index is -2.83. The standard InChI is InChI=1S/C17H23F2N3O2/c1-12(13-2-4-15(5-3-13)24-16(18)19)20-17(23)22-11-10-21-8-6-14(22)7-9-21/h2-5,12,14,16H,6-11H2,1H3,(H,20,23). The van der Waals surface area contributed by atoms with Crippen molar-refractivity contribution < 1.29 is 18.3 Å². The van der Waals surface area contributed by atoms with E-state index in [1.54, 1.807) is 12.1 Å². The molecule has 7 heteroatoms. The van der Waals surface area contributed by atoms with Crippen LogP contribution in [-0.2, 0) is 0 Å². The van der Waals surface area contributed by atoms with E-state index >= 15 is 0 Å². The number of hydrogen-bond donors (Lipinski definition) is 1. The van der Waals surface area contributed by atoms with Gasteiger partial charge in [-0.1, -0.05) is 12.1 Å². The van der Waals surface area contributed by atoms with Gasteiger partial charge >= 0.3 is 12.6 Å². The summed E-state index contributed by atoms with van der Waals surface area (Å²) >= 11 is 0. The highest BCUT2D eigenvalue weighted by Gasteiger charge is 2.32. The third-order valence-electron chi connectivity index (χ3n) is 4.86. The third kappa shape index (κ3) is 3.95. The van der Waals surface area contributed by atoms with Crippen LogP contribution in [0.25, 0.3) is 0 Å². The molecule has 3 saturated heterocycles. The average molecular weight is 339 g/mol. The number of rotatable bonds is 4. The van der Waals surface area contributed by atoms with Gasteiger partial charge < -0.3 is 19.9 Å². The minimum Gasteiger partial charge on any atom is -0.435 e. The van der Waals surface area contributed by atoms with Gasteiger partial charge in [0.1, 0.15) is 5.75 Å². The summed E-state index contributed by atoms with van der Waals surface area (Å²) in [4.78, 5) is 16.9. The topological polar surface area (TPSA) is 44.8 Å². The fraction of sp³-hybridized carbons (Fsp3) is 0.588. The molecule has 1 aromatic rings. The van der Waals surface area contributed by atoms with Gasteiger partial charge in [0.15, 0.2) is 0 Å². The molecule has 1 aromatic carbocycles. The van der Waals surface area contributed by atoms with Crippen LogP contribution < -0.4 is 10.1 Å². The zero-order chi connectivity index (χ0) is 17.1. The second-order valence-electron chi connectivity index (χ2n) is 6.38. The number of nitrogens with one attached hydrogen (secondary N) is 1. The minimum absolute atomic E-state index is 0.0517. The Morgan fingerprint density at radius 3 is 2.46 bits per heavy atom. The first-order valence-electron chi connectivity index (χ1n) is 8.37.